The van der Waals surface area contributed by atoms with E-state index in [9.17, 15) is 4.79 Å². The van der Waals surface area contributed by atoms with Crippen LogP contribution in [0.25, 0.3) is 11.4 Å². The van der Waals surface area contributed by atoms with Gasteiger partial charge in [0.05, 0.1) is 5.92 Å². The average Bonchev–Trinajstić information content (AvgIpc) is 3.25. The molecule has 4 rings (SSSR count). The number of rotatable bonds is 3. The normalized spacial score (nSPS) is 17.1. The SMILES string of the molecule is Cc1ccc(-c2noc(C3CC(=O)N(c4ccccc4C)C3)n2)cc1C. The number of benzene rings is 2. The van der Waals surface area contributed by atoms with Crippen molar-refractivity contribution in [3.8, 4) is 11.4 Å². The topological polar surface area (TPSA) is 59.2 Å². The molecule has 1 unspecified atom stereocenters. The van der Waals surface area contributed by atoms with Gasteiger partial charge < -0.3 is 9.42 Å². The van der Waals surface area contributed by atoms with Crippen molar-refractivity contribution < 1.29 is 9.32 Å². The molecule has 0 saturated carbocycles. The maximum absolute atomic E-state index is 12.5. The Hall–Kier alpha value is -2.95. The van der Waals surface area contributed by atoms with Crippen LogP contribution in [0.4, 0.5) is 5.69 Å². The summed E-state index contributed by atoms with van der Waals surface area (Å²) in [5, 5.41) is 4.13. The lowest BCUT2D eigenvalue weighted by Gasteiger charge is -2.18. The summed E-state index contributed by atoms with van der Waals surface area (Å²) in [6.07, 6.45) is 0.392. The Morgan fingerprint density at radius 3 is 2.62 bits per heavy atom. The summed E-state index contributed by atoms with van der Waals surface area (Å²) in [5.41, 5.74) is 5.39. The molecule has 26 heavy (non-hydrogen) atoms. The maximum atomic E-state index is 12.5. The minimum Gasteiger partial charge on any atom is -0.339 e. The molecule has 3 aromatic rings. The number of aromatic nitrogens is 2. The number of nitrogens with zero attached hydrogens (tertiary/aromatic N) is 3. The third-order valence-electron chi connectivity index (χ3n) is 5.09. The fraction of sp³-hybridized carbons (Fsp3) is 0.286. The van der Waals surface area contributed by atoms with Crippen LogP contribution in [-0.4, -0.2) is 22.6 Å². The molecule has 5 nitrogen and oxygen atoms in total. The van der Waals surface area contributed by atoms with Gasteiger partial charge in [0.15, 0.2) is 0 Å². The number of para-hydroxylation sites is 1. The van der Waals surface area contributed by atoms with E-state index in [2.05, 4.69) is 36.1 Å². The Kier molecular flexibility index (Phi) is 4.07. The third-order valence-corrected chi connectivity index (χ3v) is 5.09. The van der Waals surface area contributed by atoms with E-state index in [1.807, 2.05) is 42.2 Å². The molecule has 132 valence electrons. The molecular weight excluding hydrogens is 326 g/mol. The van der Waals surface area contributed by atoms with Gasteiger partial charge in [-0.15, -0.1) is 0 Å². The standard InChI is InChI=1S/C21H21N3O2/c1-13-8-9-16(10-15(13)3)20-22-21(26-23-20)17-11-19(25)24(12-17)18-7-5-4-6-14(18)2/h4-10,17H,11-12H2,1-3H3. The highest BCUT2D eigenvalue weighted by atomic mass is 16.5. The van der Waals surface area contributed by atoms with Crippen LogP contribution >= 0.6 is 0 Å². The van der Waals surface area contributed by atoms with Gasteiger partial charge in [0, 0.05) is 24.2 Å². The Morgan fingerprint density at radius 1 is 1.04 bits per heavy atom. The highest BCUT2D eigenvalue weighted by Gasteiger charge is 2.35. The van der Waals surface area contributed by atoms with Crippen LogP contribution in [-0.2, 0) is 4.79 Å². The molecule has 1 amide bonds. The van der Waals surface area contributed by atoms with Crippen molar-refractivity contribution in [2.24, 2.45) is 0 Å². The predicted molar refractivity (Wildman–Crippen MR) is 100 cm³/mol. The average molecular weight is 347 g/mol. The van der Waals surface area contributed by atoms with E-state index in [4.69, 9.17) is 4.52 Å². The number of aryl methyl sites for hydroxylation is 3. The molecule has 1 aliphatic heterocycles. The highest BCUT2D eigenvalue weighted by Crippen LogP contribution is 2.33. The van der Waals surface area contributed by atoms with E-state index >= 15 is 0 Å². The second kappa shape index (κ2) is 6.41. The first kappa shape index (κ1) is 16.5. The molecular formula is C21H21N3O2. The van der Waals surface area contributed by atoms with E-state index in [0.29, 0.717) is 24.7 Å². The number of hydrogen-bond donors (Lipinski definition) is 0. The van der Waals surface area contributed by atoms with Crippen molar-refractivity contribution in [1.82, 2.24) is 10.1 Å². The van der Waals surface area contributed by atoms with Gasteiger partial charge in [-0.3, -0.25) is 4.79 Å². The summed E-state index contributed by atoms with van der Waals surface area (Å²) in [6.45, 7) is 6.72. The summed E-state index contributed by atoms with van der Waals surface area (Å²) < 4.78 is 5.50. The molecule has 2 aromatic carbocycles. The lowest BCUT2D eigenvalue weighted by atomic mass is 10.1. The van der Waals surface area contributed by atoms with Crippen LogP contribution in [0.2, 0.25) is 0 Å². The zero-order valence-electron chi connectivity index (χ0n) is 15.2. The van der Waals surface area contributed by atoms with Crippen LogP contribution < -0.4 is 4.90 Å². The molecule has 0 spiro atoms. The molecule has 0 aliphatic carbocycles. The van der Waals surface area contributed by atoms with Gasteiger partial charge in [0.2, 0.25) is 17.6 Å². The van der Waals surface area contributed by atoms with Crippen LogP contribution in [0.1, 0.15) is 34.9 Å². The highest BCUT2D eigenvalue weighted by molar-refractivity contribution is 5.97. The molecule has 0 bridgehead atoms. The minimum absolute atomic E-state index is 0.0742. The molecule has 1 saturated heterocycles. The molecule has 0 radical (unpaired) electrons. The number of anilines is 1. The van der Waals surface area contributed by atoms with Gasteiger partial charge in [0.1, 0.15) is 0 Å². The van der Waals surface area contributed by atoms with E-state index in [1.54, 1.807) is 0 Å². The Labute approximate surface area is 152 Å². The molecule has 0 N–H and O–H groups in total. The monoisotopic (exact) mass is 347 g/mol. The minimum atomic E-state index is -0.0742. The number of carbonyl (C=O) groups is 1. The van der Waals surface area contributed by atoms with Crippen molar-refractivity contribution >= 4 is 11.6 Å². The quantitative estimate of drug-likeness (QED) is 0.713. The molecule has 1 aromatic heterocycles. The molecule has 1 aliphatic rings. The number of hydrogen-bond acceptors (Lipinski definition) is 4. The first-order chi connectivity index (χ1) is 12.5. The predicted octanol–water partition coefficient (Wildman–Crippen LogP) is 4.18. The summed E-state index contributed by atoms with van der Waals surface area (Å²) >= 11 is 0. The lowest BCUT2D eigenvalue weighted by Crippen LogP contribution is -2.25. The van der Waals surface area contributed by atoms with E-state index in [-0.39, 0.29) is 11.8 Å². The van der Waals surface area contributed by atoms with Crippen LogP contribution in [0.3, 0.4) is 0 Å². The maximum Gasteiger partial charge on any atom is 0.232 e. The molecule has 2 heterocycles. The fourth-order valence-corrected chi connectivity index (χ4v) is 3.37. The summed E-state index contributed by atoms with van der Waals surface area (Å²) in [5.74, 6) is 1.12. The first-order valence-electron chi connectivity index (χ1n) is 8.80. The van der Waals surface area contributed by atoms with Crippen LogP contribution in [0, 0.1) is 20.8 Å². The van der Waals surface area contributed by atoms with Crippen molar-refractivity contribution in [3.05, 3.63) is 65.0 Å². The largest absolute Gasteiger partial charge is 0.339 e. The van der Waals surface area contributed by atoms with Gasteiger partial charge in [-0.2, -0.15) is 4.98 Å². The summed E-state index contributed by atoms with van der Waals surface area (Å²) in [6, 6.07) is 14.0. The molecule has 1 fully saturated rings. The smallest absolute Gasteiger partial charge is 0.232 e. The van der Waals surface area contributed by atoms with Crippen molar-refractivity contribution in [2.75, 3.05) is 11.4 Å². The lowest BCUT2D eigenvalue weighted by molar-refractivity contribution is -0.117. The Balaban J connectivity index is 1.58. The van der Waals surface area contributed by atoms with Crippen LogP contribution in [0.15, 0.2) is 47.0 Å². The van der Waals surface area contributed by atoms with Crippen molar-refractivity contribution in [2.45, 2.75) is 33.1 Å². The van der Waals surface area contributed by atoms with E-state index < -0.39 is 0 Å². The first-order valence-corrected chi connectivity index (χ1v) is 8.80. The second-order valence-electron chi connectivity index (χ2n) is 6.95. The second-order valence-corrected chi connectivity index (χ2v) is 6.95. The van der Waals surface area contributed by atoms with Crippen molar-refractivity contribution in [1.29, 1.82) is 0 Å². The van der Waals surface area contributed by atoms with Crippen LogP contribution in [0.5, 0.6) is 0 Å². The molecule has 5 heteroatoms. The van der Waals surface area contributed by atoms with E-state index in [1.165, 1.54) is 11.1 Å². The van der Waals surface area contributed by atoms with Gasteiger partial charge in [-0.1, -0.05) is 35.5 Å². The van der Waals surface area contributed by atoms with Gasteiger partial charge in [0.25, 0.3) is 0 Å². The molecule has 1 atom stereocenters. The van der Waals surface area contributed by atoms with Gasteiger partial charge >= 0.3 is 0 Å². The van der Waals surface area contributed by atoms with Crippen molar-refractivity contribution in [3.63, 3.8) is 0 Å². The van der Waals surface area contributed by atoms with Gasteiger partial charge in [-0.25, -0.2) is 0 Å². The summed E-state index contributed by atoms with van der Waals surface area (Å²) in [7, 11) is 0. The fourth-order valence-electron chi connectivity index (χ4n) is 3.37. The third kappa shape index (κ3) is 2.90. The summed E-state index contributed by atoms with van der Waals surface area (Å²) in [4.78, 5) is 18.9. The zero-order chi connectivity index (χ0) is 18.3. The zero-order valence-corrected chi connectivity index (χ0v) is 15.2. The van der Waals surface area contributed by atoms with E-state index in [0.717, 1.165) is 16.8 Å². The number of carbonyl (C=O) groups excluding carboxylic acids is 1. The number of amides is 1. The Bertz CT molecular complexity index is 977. The van der Waals surface area contributed by atoms with Gasteiger partial charge in [-0.05, 0) is 49.6 Å². The Morgan fingerprint density at radius 2 is 1.85 bits per heavy atom.